The number of hydrogen-bond acceptors (Lipinski definition) is 1. The molecule has 0 bridgehead atoms. The molecule has 10 heavy (non-hydrogen) atoms. The normalized spacial score (nSPS) is 35.6. The van der Waals surface area contributed by atoms with Crippen molar-refractivity contribution in [1.29, 1.82) is 0 Å². The number of hydrogen-bond donors (Lipinski definition) is 1. The van der Waals surface area contributed by atoms with Crippen LogP contribution >= 0.6 is 0 Å². The highest BCUT2D eigenvalue weighted by molar-refractivity contribution is 5.88. The van der Waals surface area contributed by atoms with Crippen LogP contribution < -0.4 is 5.32 Å². The molecule has 0 amide bonds. The van der Waals surface area contributed by atoms with Gasteiger partial charge in [0, 0.05) is 18.8 Å². The van der Waals surface area contributed by atoms with Gasteiger partial charge in [-0.05, 0) is 0 Å². The van der Waals surface area contributed by atoms with Crippen molar-refractivity contribution in [2.24, 2.45) is 5.41 Å². The molecule has 0 spiro atoms. The average Bonchev–Trinajstić information content (AvgIpc) is 2.35. The van der Waals surface area contributed by atoms with Crippen LogP contribution in [-0.4, -0.2) is 18.4 Å². The minimum absolute atomic E-state index is 0.0764. The molecule has 1 saturated carbocycles. The molecule has 0 aliphatic heterocycles. The average molecular weight is 142 g/mol. The van der Waals surface area contributed by atoms with Crippen LogP contribution in [-0.2, 0) is 4.79 Å². The fraction of sp³-hybridized carbons (Fsp3) is 0.875. The Balaban J connectivity index is 2.78. The van der Waals surface area contributed by atoms with Crippen LogP contribution in [0, 0.1) is 5.41 Å². The topological polar surface area (TPSA) is 33.7 Å². The predicted molar refractivity (Wildman–Crippen MR) is 39.7 cm³/mol. The number of Topliss-reactive ketones (excluding diaryl/α,β-unsaturated/α-hetero) is 1. The summed E-state index contributed by atoms with van der Waals surface area (Å²) in [5.41, 5.74) is 0.153. The summed E-state index contributed by atoms with van der Waals surface area (Å²) in [7, 11) is 1.98. The van der Waals surface area contributed by atoms with Gasteiger partial charge in [-0.15, -0.1) is 0 Å². The second-order valence-electron chi connectivity index (χ2n) is 3.88. The Morgan fingerprint density at radius 1 is 1.50 bits per heavy atom. The second kappa shape index (κ2) is 1.82. The molecule has 0 aromatic carbocycles. The molecule has 2 nitrogen and oxygen atoms in total. The first kappa shape index (κ1) is 7.73. The molecule has 0 radical (unpaired) electrons. The zero-order valence-corrected chi connectivity index (χ0v) is 7.19. The van der Waals surface area contributed by atoms with Gasteiger partial charge in [0.2, 0.25) is 0 Å². The largest absolute Gasteiger partial charge is 0.337 e. The summed E-state index contributed by atoms with van der Waals surface area (Å²) in [5.74, 6) is 0.319. The summed E-state index contributed by atoms with van der Waals surface area (Å²) in [6.07, 6.45) is 1.03. The van der Waals surface area contributed by atoms with Crippen molar-refractivity contribution in [1.82, 2.24) is 0 Å². The number of quaternary nitrogens is 1. The van der Waals surface area contributed by atoms with Gasteiger partial charge in [0.05, 0.1) is 7.05 Å². The van der Waals surface area contributed by atoms with Gasteiger partial charge < -0.3 is 5.32 Å². The first-order chi connectivity index (χ1) is 4.46. The highest BCUT2D eigenvalue weighted by atomic mass is 16.1. The SMILES string of the molecule is C[NH2+]C1(C(C)=O)CC1(C)C. The van der Waals surface area contributed by atoms with E-state index in [4.69, 9.17) is 0 Å². The van der Waals surface area contributed by atoms with Crippen molar-refractivity contribution in [3.8, 4) is 0 Å². The van der Waals surface area contributed by atoms with Crippen LogP contribution in [0.5, 0.6) is 0 Å². The van der Waals surface area contributed by atoms with E-state index in [1.165, 1.54) is 0 Å². The molecule has 1 fully saturated rings. The van der Waals surface area contributed by atoms with Gasteiger partial charge in [0.15, 0.2) is 11.3 Å². The van der Waals surface area contributed by atoms with Crippen LogP contribution in [0.4, 0.5) is 0 Å². The zero-order valence-electron chi connectivity index (χ0n) is 7.19. The second-order valence-corrected chi connectivity index (χ2v) is 3.88. The van der Waals surface area contributed by atoms with Crippen LogP contribution in [0.3, 0.4) is 0 Å². The fourth-order valence-electron chi connectivity index (χ4n) is 1.95. The van der Waals surface area contributed by atoms with Crippen molar-refractivity contribution < 1.29 is 10.1 Å². The van der Waals surface area contributed by atoms with E-state index in [9.17, 15) is 4.79 Å². The lowest BCUT2D eigenvalue weighted by Gasteiger charge is -2.11. The van der Waals surface area contributed by atoms with Crippen molar-refractivity contribution in [3.05, 3.63) is 0 Å². The maximum atomic E-state index is 11.1. The highest BCUT2D eigenvalue weighted by Gasteiger charge is 2.68. The molecule has 1 unspecified atom stereocenters. The van der Waals surface area contributed by atoms with Crippen LogP contribution in [0.1, 0.15) is 27.2 Å². The first-order valence-corrected chi connectivity index (χ1v) is 3.78. The maximum Gasteiger partial charge on any atom is 0.190 e. The smallest absolute Gasteiger partial charge is 0.190 e. The van der Waals surface area contributed by atoms with Crippen molar-refractivity contribution in [2.75, 3.05) is 7.05 Å². The number of carbonyl (C=O) groups is 1. The standard InChI is InChI=1S/C8H15NO/c1-6(10)8(9-4)5-7(8,2)3/h9H,5H2,1-4H3/p+1. The molecule has 0 aromatic heterocycles. The lowest BCUT2D eigenvalue weighted by atomic mass is 10.0. The summed E-state index contributed by atoms with van der Waals surface area (Å²) in [6, 6.07) is 0. The molecular weight excluding hydrogens is 126 g/mol. The van der Waals surface area contributed by atoms with Gasteiger partial charge in [-0.2, -0.15) is 0 Å². The van der Waals surface area contributed by atoms with E-state index in [1.54, 1.807) is 6.92 Å². The molecule has 2 N–H and O–H groups in total. The minimum Gasteiger partial charge on any atom is -0.337 e. The summed E-state index contributed by atoms with van der Waals surface area (Å²) < 4.78 is 0. The molecule has 1 rings (SSSR count). The molecule has 1 aliphatic carbocycles. The fourth-order valence-corrected chi connectivity index (χ4v) is 1.95. The Hall–Kier alpha value is -0.370. The summed E-state index contributed by atoms with van der Waals surface area (Å²) in [4.78, 5) is 11.1. The third-order valence-corrected chi connectivity index (χ3v) is 2.92. The molecular formula is C8H16NO+. The number of nitrogens with two attached hydrogens (primary N) is 1. The Bertz CT molecular complexity index is 174. The molecule has 0 heterocycles. The van der Waals surface area contributed by atoms with Crippen molar-refractivity contribution in [2.45, 2.75) is 32.7 Å². The monoisotopic (exact) mass is 142 g/mol. The molecule has 58 valence electrons. The van der Waals surface area contributed by atoms with Crippen LogP contribution in [0.2, 0.25) is 0 Å². The van der Waals surface area contributed by atoms with Crippen LogP contribution in [0.15, 0.2) is 0 Å². The molecule has 1 aliphatic rings. The van der Waals surface area contributed by atoms with E-state index < -0.39 is 0 Å². The third-order valence-electron chi connectivity index (χ3n) is 2.92. The first-order valence-electron chi connectivity index (χ1n) is 3.78. The van der Waals surface area contributed by atoms with Gasteiger partial charge in [0.25, 0.3) is 0 Å². The van der Waals surface area contributed by atoms with Crippen molar-refractivity contribution in [3.63, 3.8) is 0 Å². The van der Waals surface area contributed by atoms with Gasteiger partial charge >= 0.3 is 0 Å². The number of ketones is 1. The van der Waals surface area contributed by atoms with Gasteiger partial charge in [0.1, 0.15) is 0 Å². The van der Waals surface area contributed by atoms with E-state index in [0.29, 0.717) is 5.78 Å². The quantitative estimate of drug-likeness (QED) is 0.575. The van der Waals surface area contributed by atoms with E-state index in [1.807, 2.05) is 7.05 Å². The maximum absolute atomic E-state index is 11.1. The van der Waals surface area contributed by atoms with E-state index in [-0.39, 0.29) is 11.0 Å². The van der Waals surface area contributed by atoms with Gasteiger partial charge in [-0.25, -0.2) is 0 Å². The molecule has 2 heteroatoms. The van der Waals surface area contributed by atoms with E-state index >= 15 is 0 Å². The van der Waals surface area contributed by atoms with E-state index in [0.717, 1.165) is 6.42 Å². The Morgan fingerprint density at radius 2 is 1.90 bits per heavy atom. The number of likely N-dealkylation sites (N-methyl/N-ethyl adjacent to an activating group) is 1. The van der Waals surface area contributed by atoms with E-state index in [2.05, 4.69) is 19.2 Å². The van der Waals surface area contributed by atoms with Crippen LogP contribution in [0.25, 0.3) is 0 Å². The lowest BCUT2D eigenvalue weighted by Crippen LogP contribution is -2.91. The summed E-state index contributed by atoms with van der Waals surface area (Å²) in [5, 5.41) is 2.05. The zero-order chi connectivity index (χ0) is 7.99. The van der Waals surface area contributed by atoms with Gasteiger partial charge in [-0.1, -0.05) is 13.8 Å². The van der Waals surface area contributed by atoms with Gasteiger partial charge in [-0.3, -0.25) is 4.79 Å². The highest BCUT2D eigenvalue weighted by Crippen LogP contribution is 2.52. The lowest BCUT2D eigenvalue weighted by molar-refractivity contribution is -0.669. The molecule has 0 saturated heterocycles. The molecule has 1 atom stereocenters. The third kappa shape index (κ3) is 0.717. The predicted octanol–water partition coefficient (Wildman–Crippen LogP) is -0.0627. The Kier molecular flexibility index (Phi) is 1.40. The number of carbonyl (C=O) groups excluding carboxylic acids is 1. The summed E-state index contributed by atoms with van der Waals surface area (Å²) >= 11 is 0. The Morgan fingerprint density at radius 3 is 1.90 bits per heavy atom. The number of rotatable bonds is 2. The summed E-state index contributed by atoms with van der Waals surface area (Å²) in [6.45, 7) is 5.98. The molecule has 0 aromatic rings. The Labute approximate surface area is 62.0 Å². The van der Waals surface area contributed by atoms with Crippen molar-refractivity contribution >= 4 is 5.78 Å². The minimum atomic E-state index is -0.0764.